The van der Waals surface area contributed by atoms with Crippen molar-refractivity contribution >= 4 is 11.6 Å². The van der Waals surface area contributed by atoms with Gasteiger partial charge in [-0.15, -0.1) is 0 Å². The van der Waals surface area contributed by atoms with E-state index in [2.05, 4.69) is 18.9 Å². The second-order valence-electron chi connectivity index (χ2n) is 3.69. The van der Waals surface area contributed by atoms with E-state index in [0.29, 0.717) is 5.92 Å². The zero-order chi connectivity index (χ0) is 10.0. The first-order chi connectivity index (χ1) is 6.02. The average Bonchev–Trinajstić information content (AvgIpc) is 2.30. The quantitative estimate of drug-likeness (QED) is 0.813. The van der Waals surface area contributed by atoms with E-state index in [4.69, 9.17) is 17.3 Å². The van der Waals surface area contributed by atoms with Crippen LogP contribution in [0.25, 0.3) is 0 Å². The van der Waals surface area contributed by atoms with Gasteiger partial charge in [0.1, 0.15) is 0 Å². The first kappa shape index (κ1) is 10.5. The maximum atomic E-state index is 6.00. The zero-order valence-corrected chi connectivity index (χ0v) is 9.04. The highest BCUT2D eigenvalue weighted by Crippen LogP contribution is 2.23. The number of aromatic nitrogens is 2. The lowest BCUT2D eigenvalue weighted by molar-refractivity contribution is 0.509. The molecule has 0 aliphatic rings. The summed E-state index contributed by atoms with van der Waals surface area (Å²) in [6.45, 7) is 6.88. The predicted molar refractivity (Wildman–Crippen MR) is 55.0 cm³/mol. The molecule has 1 unspecified atom stereocenters. The average molecular weight is 202 g/mol. The summed E-state index contributed by atoms with van der Waals surface area (Å²) in [5.41, 5.74) is 6.77. The van der Waals surface area contributed by atoms with Crippen LogP contribution >= 0.6 is 11.6 Å². The van der Waals surface area contributed by atoms with Crippen molar-refractivity contribution < 1.29 is 0 Å². The largest absolute Gasteiger partial charge is 0.326 e. The molecular formula is C9H16ClN3. The van der Waals surface area contributed by atoms with Crippen molar-refractivity contribution in [1.82, 2.24) is 9.78 Å². The van der Waals surface area contributed by atoms with Crippen molar-refractivity contribution in [1.29, 1.82) is 0 Å². The molecule has 1 aromatic heterocycles. The van der Waals surface area contributed by atoms with Gasteiger partial charge in [0.05, 0.1) is 23.5 Å². The fourth-order valence-electron chi connectivity index (χ4n) is 1.36. The minimum absolute atomic E-state index is 0.105. The fraction of sp³-hybridized carbons (Fsp3) is 0.667. The van der Waals surface area contributed by atoms with E-state index in [9.17, 15) is 0 Å². The van der Waals surface area contributed by atoms with E-state index >= 15 is 0 Å². The topological polar surface area (TPSA) is 43.8 Å². The Balaban J connectivity index is 2.94. The maximum Gasteiger partial charge on any atom is 0.0820 e. The van der Waals surface area contributed by atoms with Gasteiger partial charge in [0, 0.05) is 6.04 Å². The van der Waals surface area contributed by atoms with E-state index in [-0.39, 0.29) is 6.04 Å². The van der Waals surface area contributed by atoms with Gasteiger partial charge in [0.15, 0.2) is 0 Å². The van der Waals surface area contributed by atoms with Crippen LogP contribution in [0, 0.1) is 0 Å². The van der Waals surface area contributed by atoms with Gasteiger partial charge >= 0.3 is 0 Å². The van der Waals surface area contributed by atoms with Gasteiger partial charge in [0.2, 0.25) is 0 Å². The Kier molecular flexibility index (Phi) is 3.33. The molecule has 0 aromatic carbocycles. The zero-order valence-electron chi connectivity index (χ0n) is 8.29. The second kappa shape index (κ2) is 4.11. The van der Waals surface area contributed by atoms with Crippen molar-refractivity contribution in [3.8, 4) is 0 Å². The van der Waals surface area contributed by atoms with Crippen LogP contribution in [0.2, 0.25) is 5.02 Å². The van der Waals surface area contributed by atoms with Gasteiger partial charge in [-0.1, -0.05) is 25.4 Å². The molecular weight excluding hydrogens is 186 g/mol. The molecule has 0 bridgehead atoms. The number of nitrogens with zero attached hydrogens (tertiary/aromatic N) is 2. The van der Waals surface area contributed by atoms with Crippen LogP contribution in [0.15, 0.2) is 6.20 Å². The van der Waals surface area contributed by atoms with Crippen molar-refractivity contribution in [2.45, 2.75) is 39.3 Å². The monoisotopic (exact) mass is 201 g/mol. The predicted octanol–water partition coefficient (Wildman–Crippen LogP) is 2.01. The molecule has 0 saturated carbocycles. The van der Waals surface area contributed by atoms with Gasteiger partial charge in [-0.25, -0.2) is 0 Å². The van der Waals surface area contributed by atoms with E-state index in [1.807, 2.05) is 11.6 Å². The molecule has 0 spiro atoms. The SMILES string of the molecule is CC(N)Cn1ncc(Cl)c1C(C)C. The van der Waals surface area contributed by atoms with Crippen LogP contribution in [-0.4, -0.2) is 15.8 Å². The smallest absolute Gasteiger partial charge is 0.0820 e. The van der Waals surface area contributed by atoms with Crippen LogP contribution < -0.4 is 5.73 Å². The van der Waals surface area contributed by atoms with Gasteiger partial charge in [-0.2, -0.15) is 5.10 Å². The lowest BCUT2D eigenvalue weighted by Gasteiger charge is -2.12. The molecule has 2 N–H and O–H groups in total. The highest BCUT2D eigenvalue weighted by Gasteiger charge is 2.13. The highest BCUT2D eigenvalue weighted by atomic mass is 35.5. The first-order valence-electron chi connectivity index (χ1n) is 4.49. The third-order valence-electron chi connectivity index (χ3n) is 1.84. The molecule has 1 atom stereocenters. The molecule has 0 saturated heterocycles. The summed E-state index contributed by atoms with van der Waals surface area (Å²) in [5, 5.41) is 4.91. The molecule has 3 nitrogen and oxygen atoms in total. The van der Waals surface area contributed by atoms with Crippen molar-refractivity contribution in [3.63, 3.8) is 0 Å². The standard InChI is InChI=1S/C9H16ClN3/c1-6(2)9-8(10)4-12-13(9)5-7(3)11/h4,6-7H,5,11H2,1-3H3. The van der Waals surface area contributed by atoms with Gasteiger partial charge in [-0.3, -0.25) is 4.68 Å². The molecule has 74 valence electrons. The third-order valence-corrected chi connectivity index (χ3v) is 2.13. The molecule has 13 heavy (non-hydrogen) atoms. The third kappa shape index (κ3) is 2.45. The molecule has 4 heteroatoms. The Morgan fingerprint density at radius 3 is 2.62 bits per heavy atom. The van der Waals surface area contributed by atoms with E-state index in [0.717, 1.165) is 17.3 Å². The number of hydrogen-bond acceptors (Lipinski definition) is 2. The lowest BCUT2D eigenvalue weighted by atomic mass is 10.1. The summed E-state index contributed by atoms with van der Waals surface area (Å²) < 4.78 is 1.89. The molecule has 0 fully saturated rings. The Bertz CT molecular complexity index is 278. The molecule has 1 rings (SSSR count). The van der Waals surface area contributed by atoms with Crippen LogP contribution in [0.4, 0.5) is 0 Å². The summed E-state index contributed by atoms with van der Waals surface area (Å²) in [4.78, 5) is 0. The fourth-order valence-corrected chi connectivity index (χ4v) is 1.72. The van der Waals surface area contributed by atoms with Crippen molar-refractivity contribution in [3.05, 3.63) is 16.9 Å². The summed E-state index contributed by atoms with van der Waals surface area (Å²) >= 11 is 6.00. The molecule has 1 aromatic rings. The van der Waals surface area contributed by atoms with Gasteiger partial charge in [0.25, 0.3) is 0 Å². The van der Waals surface area contributed by atoms with E-state index in [1.54, 1.807) is 6.20 Å². The Hall–Kier alpha value is -0.540. The number of halogens is 1. The molecule has 0 radical (unpaired) electrons. The maximum absolute atomic E-state index is 6.00. The van der Waals surface area contributed by atoms with Gasteiger partial charge < -0.3 is 5.73 Å². The van der Waals surface area contributed by atoms with Crippen LogP contribution in [0.3, 0.4) is 0 Å². The van der Waals surface area contributed by atoms with Crippen LogP contribution in [0.1, 0.15) is 32.4 Å². The van der Waals surface area contributed by atoms with Crippen LogP contribution in [0.5, 0.6) is 0 Å². The second-order valence-corrected chi connectivity index (χ2v) is 4.10. The highest BCUT2D eigenvalue weighted by molar-refractivity contribution is 6.31. The van der Waals surface area contributed by atoms with Gasteiger partial charge in [-0.05, 0) is 12.8 Å². The minimum Gasteiger partial charge on any atom is -0.326 e. The summed E-state index contributed by atoms with van der Waals surface area (Å²) in [5.74, 6) is 0.383. The van der Waals surface area contributed by atoms with E-state index in [1.165, 1.54) is 0 Å². The Labute approximate surface area is 83.9 Å². The molecule has 1 heterocycles. The lowest BCUT2D eigenvalue weighted by Crippen LogP contribution is -2.24. The normalized spacial score (nSPS) is 13.7. The van der Waals surface area contributed by atoms with E-state index < -0.39 is 0 Å². The van der Waals surface area contributed by atoms with Crippen LogP contribution in [-0.2, 0) is 6.54 Å². The Morgan fingerprint density at radius 1 is 1.54 bits per heavy atom. The minimum atomic E-state index is 0.105. The first-order valence-corrected chi connectivity index (χ1v) is 4.87. The number of rotatable bonds is 3. The molecule has 0 amide bonds. The summed E-state index contributed by atoms with van der Waals surface area (Å²) in [6.07, 6.45) is 1.68. The van der Waals surface area contributed by atoms with Crippen molar-refractivity contribution in [2.24, 2.45) is 5.73 Å². The Morgan fingerprint density at radius 2 is 2.15 bits per heavy atom. The number of nitrogens with two attached hydrogens (primary N) is 1. The van der Waals surface area contributed by atoms with Crippen molar-refractivity contribution in [2.75, 3.05) is 0 Å². The number of hydrogen-bond donors (Lipinski definition) is 1. The molecule has 0 aliphatic carbocycles. The summed E-state index contributed by atoms with van der Waals surface area (Å²) in [6, 6.07) is 0.105. The summed E-state index contributed by atoms with van der Waals surface area (Å²) in [7, 11) is 0. The molecule has 0 aliphatic heterocycles.